The predicted molar refractivity (Wildman–Crippen MR) is 97.6 cm³/mol. The van der Waals surface area contributed by atoms with Gasteiger partial charge in [0, 0.05) is 0 Å². The van der Waals surface area contributed by atoms with Gasteiger partial charge in [-0.05, 0) is 58.8 Å². The molecule has 0 saturated carbocycles. The molecule has 0 aliphatic rings. The zero-order chi connectivity index (χ0) is 19.0. The van der Waals surface area contributed by atoms with Crippen LogP contribution in [0.25, 0.3) is 0 Å². The zero-order valence-electron chi connectivity index (χ0n) is 14.8. The molecule has 0 bridgehead atoms. The minimum absolute atomic E-state index is 0.321. The SMILES string of the molecule is C/C=C(\C)CC/C=C(/C)CCCC(C)C=C(P(=O)(O)O)P(=O)(O)O. The summed E-state index contributed by atoms with van der Waals surface area (Å²) < 4.78 is 22.4. The number of rotatable bonds is 10. The minimum Gasteiger partial charge on any atom is -0.321 e. The van der Waals surface area contributed by atoms with Crippen LogP contribution >= 0.6 is 15.2 Å². The lowest BCUT2D eigenvalue weighted by molar-refractivity contribution is 0.366. The van der Waals surface area contributed by atoms with Crippen molar-refractivity contribution in [1.29, 1.82) is 0 Å². The van der Waals surface area contributed by atoms with Crippen LogP contribution in [0.2, 0.25) is 0 Å². The van der Waals surface area contributed by atoms with E-state index in [0.717, 1.165) is 31.8 Å². The molecule has 0 aromatic carbocycles. The Labute approximate surface area is 144 Å². The van der Waals surface area contributed by atoms with Gasteiger partial charge in [-0.25, -0.2) is 0 Å². The van der Waals surface area contributed by atoms with Crippen molar-refractivity contribution in [2.24, 2.45) is 5.92 Å². The maximum absolute atomic E-state index is 11.2. The second kappa shape index (κ2) is 10.5. The Bertz CT molecular complexity index is 555. The third-order valence-corrected chi connectivity index (χ3v) is 6.84. The summed E-state index contributed by atoms with van der Waals surface area (Å²) >= 11 is 0. The Morgan fingerprint density at radius 3 is 2.00 bits per heavy atom. The second-order valence-corrected chi connectivity index (χ2v) is 9.70. The molecule has 0 saturated heterocycles. The van der Waals surface area contributed by atoms with E-state index in [1.807, 2.05) is 13.8 Å². The Morgan fingerprint density at radius 1 is 1.00 bits per heavy atom. The number of hydrogen-bond donors (Lipinski definition) is 4. The van der Waals surface area contributed by atoms with E-state index in [2.05, 4.69) is 19.1 Å². The molecule has 0 amide bonds. The lowest BCUT2D eigenvalue weighted by Crippen LogP contribution is -1.96. The molecular formula is C16H30O6P2. The van der Waals surface area contributed by atoms with Crippen molar-refractivity contribution in [2.75, 3.05) is 0 Å². The van der Waals surface area contributed by atoms with E-state index < -0.39 is 20.2 Å². The van der Waals surface area contributed by atoms with Gasteiger partial charge in [-0.15, -0.1) is 0 Å². The third kappa shape index (κ3) is 10.4. The summed E-state index contributed by atoms with van der Waals surface area (Å²) in [5, 5.41) is -1.07. The van der Waals surface area contributed by atoms with Crippen LogP contribution in [0.3, 0.4) is 0 Å². The van der Waals surface area contributed by atoms with Crippen molar-refractivity contribution >= 4 is 15.2 Å². The molecule has 6 nitrogen and oxygen atoms in total. The van der Waals surface area contributed by atoms with Gasteiger partial charge in [0.2, 0.25) is 0 Å². The Kier molecular flexibility index (Phi) is 10.3. The first kappa shape index (κ1) is 23.5. The molecule has 0 aromatic rings. The van der Waals surface area contributed by atoms with E-state index in [-0.39, 0.29) is 5.92 Å². The highest BCUT2D eigenvalue weighted by molar-refractivity contribution is 7.77. The fraction of sp³-hybridized carbons (Fsp3) is 0.625. The molecule has 1 atom stereocenters. The lowest BCUT2D eigenvalue weighted by atomic mass is 10.0. The average molecular weight is 380 g/mol. The van der Waals surface area contributed by atoms with Gasteiger partial charge >= 0.3 is 15.2 Å². The maximum Gasteiger partial charge on any atom is 0.364 e. The van der Waals surface area contributed by atoms with Crippen LogP contribution in [0.5, 0.6) is 0 Å². The van der Waals surface area contributed by atoms with Crippen LogP contribution in [-0.4, -0.2) is 19.6 Å². The molecule has 0 spiro atoms. The van der Waals surface area contributed by atoms with Crippen LogP contribution in [0, 0.1) is 5.92 Å². The van der Waals surface area contributed by atoms with E-state index >= 15 is 0 Å². The van der Waals surface area contributed by atoms with Crippen molar-refractivity contribution in [3.05, 3.63) is 34.4 Å². The highest BCUT2D eigenvalue weighted by Gasteiger charge is 2.36. The standard InChI is InChI=1S/C16H30O6P2/c1-5-13(2)8-6-9-14(3)10-7-11-15(4)12-16(23(17,18)19)24(20,21)22/h5,9,12,15H,6-8,10-11H2,1-4H3,(H2,17,18,19)(H2,20,21,22)/b13-5+,14-9-. The maximum atomic E-state index is 11.2. The Hall–Kier alpha value is -0.480. The smallest absolute Gasteiger partial charge is 0.321 e. The minimum atomic E-state index is -4.95. The van der Waals surface area contributed by atoms with E-state index in [4.69, 9.17) is 19.6 Å². The van der Waals surface area contributed by atoms with Gasteiger partial charge in [-0.1, -0.05) is 36.3 Å². The van der Waals surface area contributed by atoms with E-state index in [1.54, 1.807) is 6.92 Å². The van der Waals surface area contributed by atoms with Crippen LogP contribution < -0.4 is 0 Å². The summed E-state index contributed by atoms with van der Waals surface area (Å²) in [7, 11) is -9.90. The van der Waals surface area contributed by atoms with E-state index in [0.29, 0.717) is 6.42 Å². The van der Waals surface area contributed by atoms with Gasteiger partial charge in [0.25, 0.3) is 0 Å². The fourth-order valence-corrected chi connectivity index (χ4v) is 4.45. The van der Waals surface area contributed by atoms with Crippen LogP contribution in [-0.2, 0) is 9.13 Å². The first-order valence-corrected chi connectivity index (χ1v) is 11.2. The van der Waals surface area contributed by atoms with Crippen molar-refractivity contribution < 1.29 is 28.7 Å². The van der Waals surface area contributed by atoms with Crippen molar-refractivity contribution in [3.63, 3.8) is 0 Å². The quantitative estimate of drug-likeness (QED) is 0.323. The molecule has 4 N–H and O–H groups in total. The summed E-state index contributed by atoms with van der Waals surface area (Å²) in [5.74, 6) is -0.321. The first-order chi connectivity index (χ1) is 10.9. The summed E-state index contributed by atoms with van der Waals surface area (Å²) in [6.07, 6.45) is 9.56. The number of allylic oxidation sites excluding steroid dienone is 5. The van der Waals surface area contributed by atoms with E-state index in [1.165, 1.54) is 11.1 Å². The molecule has 0 aliphatic heterocycles. The zero-order valence-corrected chi connectivity index (χ0v) is 16.6. The van der Waals surface area contributed by atoms with Gasteiger partial charge in [-0.3, -0.25) is 9.13 Å². The van der Waals surface area contributed by atoms with Gasteiger partial charge < -0.3 is 19.6 Å². The molecule has 1 unspecified atom stereocenters. The summed E-state index contributed by atoms with van der Waals surface area (Å²) in [4.78, 5) is 36.3. The topological polar surface area (TPSA) is 115 Å². The Balaban J connectivity index is 4.56. The molecule has 0 fully saturated rings. The van der Waals surface area contributed by atoms with Crippen molar-refractivity contribution in [3.8, 4) is 0 Å². The van der Waals surface area contributed by atoms with E-state index in [9.17, 15) is 9.13 Å². The molecular weight excluding hydrogens is 350 g/mol. The molecule has 8 heteroatoms. The van der Waals surface area contributed by atoms with Crippen molar-refractivity contribution in [2.45, 2.75) is 59.8 Å². The van der Waals surface area contributed by atoms with Crippen LogP contribution in [0.4, 0.5) is 0 Å². The summed E-state index contributed by atoms with van der Waals surface area (Å²) in [5.41, 5.74) is 2.60. The van der Waals surface area contributed by atoms with Crippen LogP contribution in [0.1, 0.15) is 59.8 Å². The van der Waals surface area contributed by atoms with Gasteiger partial charge in [-0.2, -0.15) is 0 Å². The largest absolute Gasteiger partial charge is 0.364 e. The van der Waals surface area contributed by atoms with Gasteiger partial charge in [0.05, 0.1) is 0 Å². The highest BCUT2D eigenvalue weighted by Crippen LogP contribution is 2.64. The normalized spacial score (nSPS) is 15.3. The molecule has 0 heterocycles. The van der Waals surface area contributed by atoms with Crippen molar-refractivity contribution in [1.82, 2.24) is 0 Å². The highest BCUT2D eigenvalue weighted by atomic mass is 31.2. The molecule has 0 rings (SSSR count). The Morgan fingerprint density at radius 2 is 1.54 bits per heavy atom. The molecule has 24 heavy (non-hydrogen) atoms. The third-order valence-electron chi connectivity index (χ3n) is 3.79. The van der Waals surface area contributed by atoms with Crippen LogP contribution in [0.15, 0.2) is 34.4 Å². The molecule has 0 radical (unpaired) electrons. The lowest BCUT2D eigenvalue weighted by Gasteiger charge is -2.14. The van der Waals surface area contributed by atoms with Gasteiger partial charge in [0.15, 0.2) is 0 Å². The molecule has 0 aliphatic carbocycles. The fourth-order valence-electron chi connectivity index (χ4n) is 2.20. The predicted octanol–water partition coefficient (Wildman–Crippen LogP) is 4.68. The number of hydrogen-bond acceptors (Lipinski definition) is 2. The summed E-state index contributed by atoms with van der Waals surface area (Å²) in [6.45, 7) is 7.85. The monoisotopic (exact) mass is 380 g/mol. The molecule has 0 aromatic heterocycles. The van der Waals surface area contributed by atoms with Gasteiger partial charge in [0.1, 0.15) is 5.06 Å². The second-order valence-electron chi connectivity index (χ2n) is 6.21. The summed E-state index contributed by atoms with van der Waals surface area (Å²) in [6, 6.07) is 0. The molecule has 140 valence electrons. The first-order valence-electron chi connectivity index (χ1n) is 7.99. The average Bonchev–Trinajstić information content (AvgIpc) is 2.42.